The predicted octanol–water partition coefficient (Wildman–Crippen LogP) is 1.73. The number of carbonyl (C=O) groups is 1. The van der Waals surface area contributed by atoms with E-state index in [9.17, 15) is 4.79 Å². The third-order valence-corrected chi connectivity index (χ3v) is 1.09. The smallest absolute Gasteiger partial charge is 0.330 e. The van der Waals surface area contributed by atoms with Crippen molar-refractivity contribution in [1.29, 1.82) is 0 Å². The summed E-state index contributed by atoms with van der Waals surface area (Å²) >= 11 is 5.35. The van der Waals surface area contributed by atoms with Crippen LogP contribution in [-0.2, 0) is 9.53 Å². The van der Waals surface area contributed by atoms with Crippen molar-refractivity contribution >= 4 is 17.6 Å². The van der Waals surface area contributed by atoms with Crippen molar-refractivity contribution in [2.45, 2.75) is 13.3 Å². The van der Waals surface area contributed by atoms with E-state index in [1.54, 1.807) is 13.0 Å². The van der Waals surface area contributed by atoms with Crippen LogP contribution in [0.25, 0.3) is 0 Å². The molecule has 0 bridgehead atoms. The minimum atomic E-state index is -0.299. The van der Waals surface area contributed by atoms with E-state index >= 15 is 0 Å². The van der Waals surface area contributed by atoms with Gasteiger partial charge in [-0.1, -0.05) is 6.08 Å². The second-order valence-corrected chi connectivity index (χ2v) is 2.09. The van der Waals surface area contributed by atoms with Gasteiger partial charge in [0, 0.05) is 12.0 Å². The molecule has 10 heavy (non-hydrogen) atoms. The maximum atomic E-state index is 10.6. The second-order valence-electron chi connectivity index (χ2n) is 1.71. The zero-order valence-electron chi connectivity index (χ0n) is 5.97. The molecule has 0 N–H and O–H groups in total. The molecule has 0 radical (unpaired) electrons. The quantitative estimate of drug-likeness (QED) is 0.272. The van der Waals surface area contributed by atoms with Crippen LogP contribution in [0.5, 0.6) is 0 Å². The first-order valence-corrected chi connectivity index (χ1v) is 3.70. The topological polar surface area (TPSA) is 26.3 Å². The molecular weight excluding hydrogens is 152 g/mol. The number of hydrogen-bond acceptors (Lipinski definition) is 2. The summed E-state index contributed by atoms with van der Waals surface area (Å²) in [7, 11) is 0. The normalized spacial score (nSPS) is 10.2. The number of alkyl halides is 1. The number of rotatable bonds is 4. The SMILES string of the molecule is C/C=C/C(=O)OCCCCl. The average Bonchev–Trinajstić information content (AvgIpc) is 1.89. The summed E-state index contributed by atoms with van der Waals surface area (Å²) in [6.45, 7) is 2.18. The Labute approximate surface area is 65.8 Å². The summed E-state index contributed by atoms with van der Waals surface area (Å²) in [6.07, 6.45) is 3.74. The lowest BCUT2D eigenvalue weighted by Gasteiger charge is -1.97. The molecule has 0 aliphatic rings. The lowest BCUT2D eigenvalue weighted by Crippen LogP contribution is -2.02. The Hall–Kier alpha value is -0.500. The summed E-state index contributed by atoms with van der Waals surface area (Å²) in [4.78, 5) is 10.6. The minimum absolute atomic E-state index is 0.299. The van der Waals surface area contributed by atoms with Gasteiger partial charge in [-0.25, -0.2) is 4.79 Å². The number of esters is 1. The van der Waals surface area contributed by atoms with Crippen molar-refractivity contribution in [2.75, 3.05) is 12.5 Å². The molecule has 3 heteroatoms. The maximum absolute atomic E-state index is 10.6. The second kappa shape index (κ2) is 6.62. The molecule has 0 saturated heterocycles. The van der Waals surface area contributed by atoms with Crippen molar-refractivity contribution in [2.24, 2.45) is 0 Å². The van der Waals surface area contributed by atoms with Crippen LogP contribution in [0.4, 0.5) is 0 Å². The van der Waals surface area contributed by atoms with Gasteiger partial charge in [-0.3, -0.25) is 0 Å². The molecule has 0 saturated carbocycles. The van der Waals surface area contributed by atoms with Gasteiger partial charge in [-0.15, -0.1) is 11.6 Å². The highest BCUT2D eigenvalue weighted by Crippen LogP contribution is 1.87. The van der Waals surface area contributed by atoms with Gasteiger partial charge < -0.3 is 4.74 Å². The maximum Gasteiger partial charge on any atom is 0.330 e. The molecule has 0 rings (SSSR count). The molecule has 0 aliphatic carbocycles. The molecule has 58 valence electrons. The predicted molar refractivity (Wildman–Crippen MR) is 41.1 cm³/mol. The molecular formula is C7H11ClO2. The Morgan fingerprint density at radius 1 is 1.70 bits per heavy atom. The Morgan fingerprint density at radius 3 is 2.90 bits per heavy atom. The number of carbonyl (C=O) groups excluding carboxylic acids is 1. The third kappa shape index (κ3) is 5.63. The minimum Gasteiger partial charge on any atom is -0.462 e. The fraction of sp³-hybridized carbons (Fsp3) is 0.571. The number of hydrogen-bond donors (Lipinski definition) is 0. The van der Waals surface area contributed by atoms with Crippen LogP contribution in [0.3, 0.4) is 0 Å². The molecule has 0 heterocycles. The lowest BCUT2D eigenvalue weighted by atomic mass is 10.5. The van der Waals surface area contributed by atoms with Crippen molar-refractivity contribution in [3.63, 3.8) is 0 Å². The monoisotopic (exact) mass is 162 g/mol. The molecule has 0 unspecified atom stereocenters. The lowest BCUT2D eigenvalue weighted by molar-refractivity contribution is -0.137. The van der Waals surface area contributed by atoms with Crippen LogP contribution in [0.1, 0.15) is 13.3 Å². The fourth-order valence-corrected chi connectivity index (χ4v) is 0.521. The zero-order valence-corrected chi connectivity index (χ0v) is 6.73. The third-order valence-electron chi connectivity index (χ3n) is 0.825. The highest BCUT2D eigenvalue weighted by Gasteiger charge is 1.93. The first-order chi connectivity index (χ1) is 4.81. The van der Waals surface area contributed by atoms with E-state index in [2.05, 4.69) is 0 Å². The first kappa shape index (κ1) is 9.50. The van der Waals surface area contributed by atoms with E-state index in [0.29, 0.717) is 18.9 Å². The Balaban J connectivity index is 3.22. The average molecular weight is 163 g/mol. The van der Waals surface area contributed by atoms with Gasteiger partial charge in [-0.2, -0.15) is 0 Å². The molecule has 0 amide bonds. The Kier molecular flexibility index (Phi) is 6.29. The van der Waals surface area contributed by atoms with Crippen LogP contribution in [0, 0.1) is 0 Å². The molecule has 0 atom stereocenters. The van der Waals surface area contributed by atoms with E-state index in [4.69, 9.17) is 16.3 Å². The van der Waals surface area contributed by atoms with Crippen LogP contribution < -0.4 is 0 Å². The molecule has 0 aromatic heterocycles. The van der Waals surface area contributed by atoms with E-state index in [1.807, 2.05) is 0 Å². The van der Waals surface area contributed by atoms with Crippen LogP contribution in [0.15, 0.2) is 12.2 Å². The van der Waals surface area contributed by atoms with Crippen molar-refractivity contribution < 1.29 is 9.53 Å². The molecule has 0 aromatic carbocycles. The molecule has 2 nitrogen and oxygen atoms in total. The van der Waals surface area contributed by atoms with Crippen molar-refractivity contribution in [1.82, 2.24) is 0 Å². The Morgan fingerprint density at radius 2 is 2.40 bits per heavy atom. The number of ether oxygens (including phenoxy) is 1. The summed E-state index contributed by atoms with van der Waals surface area (Å²) in [5.74, 6) is 0.232. The molecule has 0 fully saturated rings. The van der Waals surface area contributed by atoms with Crippen LogP contribution in [-0.4, -0.2) is 18.5 Å². The largest absolute Gasteiger partial charge is 0.462 e. The summed E-state index contributed by atoms with van der Waals surface area (Å²) in [5.41, 5.74) is 0. The van der Waals surface area contributed by atoms with Gasteiger partial charge in [0.15, 0.2) is 0 Å². The summed E-state index contributed by atoms with van der Waals surface area (Å²) < 4.78 is 4.71. The van der Waals surface area contributed by atoms with Crippen LogP contribution >= 0.6 is 11.6 Å². The first-order valence-electron chi connectivity index (χ1n) is 3.16. The van der Waals surface area contributed by atoms with Crippen molar-refractivity contribution in [3.8, 4) is 0 Å². The van der Waals surface area contributed by atoms with Gasteiger partial charge in [0.05, 0.1) is 6.61 Å². The summed E-state index contributed by atoms with van der Waals surface area (Å²) in [6, 6.07) is 0. The zero-order chi connectivity index (χ0) is 7.82. The van der Waals surface area contributed by atoms with Gasteiger partial charge >= 0.3 is 5.97 Å². The van der Waals surface area contributed by atoms with Crippen molar-refractivity contribution in [3.05, 3.63) is 12.2 Å². The molecule has 0 spiro atoms. The van der Waals surface area contributed by atoms with Gasteiger partial charge in [-0.05, 0) is 13.3 Å². The van der Waals surface area contributed by atoms with E-state index in [-0.39, 0.29) is 5.97 Å². The van der Waals surface area contributed by atoms with Gasteiger partial charge in [0.2, 0.25) is 0 Å². The Bertz CT molecular complexity index is 121. The highest BCUT2D eigenvalue weighted by atomic mass is 35.5. The van der Waals surface area contributed by atoms with Gasteiger partial charge in [0.25, 0.3) is 0 Å². The van der Waals surface area contributed by atoms with Crippen LogP contribution in [0.2, 0.25) is 0 Å². The van der Waals surface area contributed by atoms with E-state index in [0.717, 1.165) is 0 Å². The van der Waals surface area contributed by atoms with E-state index < -0.39 is 0 Å². The standard InChI is InChI=1S/C7H11ClO2/c1-2-4-7(9)10-6-3-5-8/h2,4H,3,5-6H2,1H3/b4-2+. The summed E-state index contributed by atoms with van der Waals surface area (Å²) in [5, 5.41) is 0. The molecule has 0 aromatic rings. The van der Waals surface area contributed by atoms with E-state index in [1.165, 1.54) is 6.08 Å². The number of allylic oxidation sites excluding steroid dienone is 1. The fourth-order valence-electron chi connectivity index (χ4n) is 0.412. The highest BCUT2D eigenvalue weighted by molar-refractivity contribution is 6.17. The molecule has 0 aliphatic heterocycles. The number of halogens is 1. The van der Waals surface area contributed by atoms with Gasteiger partial charge in [0.1, 0.15) is 0 Å².